The number of hydrazine groups is 1. The van der Waals surface area contributed by atoms with Gasteiger partial charge in [0.25, 0.3) is 0 Å². The van der Waals surface area contributed by atoms with E-state index in [1.807, 2.05) is 24.4 Å². The van der Waals surface area contributed by atoms with Gasteiger partial charge in [-0.1, -0.05) is 37.3 Å². The zero-order valence-corrected chi connectivity index (χ0v) is 17.2. The average molecular weight is 422 g/mol. The molecule has 0 saturated heterocycles. The Morgan fingerprint density at radius 2 is 1.54 bits per heavy atom. The highest BCUT2D eigenvalue weighted by Gasteiger charge is 2.02. The maximum absolute atomic E-state index is 11.2. The summed E-state index contributed by atoms with van der Waals surface area (Å²) < 4.78 is 0. The van der Waals surface area contributed by atoms with Crippen LogP contribution in [-0.4, -0.2) is 17.4 Å². The minimum atomic E-state index is -0.180. The SMILES string of the molecule is CCCNc1ccc(CCc2ccc(CC(=O)NN)cc2)cn1.Cl.Cl.Cl. The summed E-state index contributed by atoms with van der Waals surface area (Å²) in [7, 11) is 0. The van der Waals surface area contributed by atoms with Gasteiger partial charge in [-0.3, -0.25) is 10.2 Å². The molecule has 1 heterocycles. The van der Waals surface area contributed by atoms with Crippen LogP contribution in [0.25, 0.3) is 0 Å². The van der Waals surface area contributed by atoms with Crippen molar-refractivity contribution in [3.05, 3.63) is 59.3 Å². The van der Waals surface area contributed by atoms with Crippen LogP contribution in [0.3, 0.4) is 0 Å². The van der Waals surface area contributed by atoms with Gasteiger partial charge in [-0.2, -0.15) is 0 Å². The molecular formula is C18H27Cl3N4O. The summed E-state index contributed by atoms with van der Waals surface area (Å²) in [6.07, 6.45) is 5.23. The maximum atomic E-state index is 11.2. The molecule has 0 atom stereocenters. The molecule has 0 fully saturated rings. The summed E-state index contributed by atoms with van der Waals surface area (Å²) in [5, 5.41) is 3.27. The predicted octanol–water partition coefficient (Wildman–Crippen LogP) is 3.49. The molecule has 0 radical (unpaired) electrons. The van der Waals surface area contributed by atoms with E-state index >= 15 is 0 Å². The molecule has 1 aromatic carbocycles. The van der Waals surface area contributed by atoms with Crippen LogP contribution < -0.4 is 16.6 Å². The van der Waals surface area contributed by atoms with E-state index < -0.39 is 0 Å². The molecule has 0 aliphatic carbocycles. The molecule has 1 aromatic heterocycles. The van der Waals surface area contributed by atoms with Crippen LogP contribution in [0.4, 0.5) is 5.82 Å². The fourth-order valence-corrected chi connectivity index (χ4v) is 2.28. The lowest BCUT2D eigenvalue weighted by atomic mass is 10.0. The van der Waals surface area contributed by atoms with Crippen molar-refractivity contribution >= 4 is 48.9 Å². The number of amides is 1. The Balaban J connectivity index is 0. The molecule has 2 rings (SSSR count). The number of rotatable bonds is 8. The number of halogens is 3. The number of pyridine rings is 1. The van der Waals surface area contributed by atoms with E-state index in [-0.39, 0.29) is 43.1 Å². The van der Waals surface area contributed by atoms with Crippen molar-refractivity contribution in [2.75, 3.05) is 11.9 Å². The molecule has 5 nitrogen and oxygen atoms in total. The zero-order valence-electron chi connectivity index (χ0n) is 14.7. The molecule has 0 spiro atoms. The van der Waals surface area contributed by atoms with Crippen LogP contribution in [0.15, 0.2) is 42.6 Å². The molecule has 0 saturated carbocycles. The van der Waals surface area contributed by atoms with E-state index in [1.165, 1.54) is 11.1 Å². The largest absolute Gasteiger partial charge is 0.370 e. The Hall–Kier alpha value is -1.53. The van der Waals surface area contributed by atoms with Gasteiger partial charge in [-0.15, -0.1) is 37.2 Å². The fourth-order valence-electron chi connectivity index (χ4n) is 2.28. The normalized spacial score (nSPS) is 9.15. The van der Waals surface area contributed by atoms with Crippen LogP contribution in [-0.2, 0) is 24.1 Å². The number of hydrogen-bond donors (Lipinski definition) is 3. The number of anilines is 1. The van der Waals surface area contributed by atoms with E-state index in [0.29, 0.717) is 6.42 Å². The Morgan fingerprint density at radius 3 is 2.08 bits per heavy atom. The van der Waals surface area contributed by atoms with E-state index in [0.717, 1.165) is 37.2 Å². The minimum absolute atomic E-state index is 0. The number of hydrogen-bond acceptors (Lipinski definition) is 4. The number of nitrogens with two attached hydrogens (primary N) is 1. The molecule has 26 heavy (non-hydrogen) atoms. The lowest BCUT2D eigenvalue weighted by Crippen LogP contribution is -2.31. The molecular weight excluding hydrogens is 395 g/mol. The van der Waals surface area contributed by atoms with Gasteiger partial charge in [-0.25, -0.2) is 10.8 Å². The van der Waals surface area contributed by atoms with E-state index in [4.69, 9.17) is 5.84 Å². The molecule has 0 aliphatic rings. The number of carbonyl (C=O) groups is 1. The van der Waals surface area contributed by atoms with E-state index in [2.05, 4.69) is 40.8 Å². The zero-order chi connectivity index (χ0) is 16.5. The van der Waals surface area contributed by atoms with Crippen LogP contribution in [0, 0.1) is 0 Å². The monoisotopic (exact) mass is 420 g/mol. The summed E-state index contributed by atoms with van der Waals surface area (Å²) in [6, 6.07) is 12.2. The topological polar surface area (TPSA) is 80.0 Å². The van der Waals surface area contributed by atoms with Crippen molar-refractivity contribution in [2.45, 2.75) is 32.6 Å². The summed E-state index contributed by atoms with van der Waals surface area (Å²) in [5.41, 5.74) is 5.57. The smallest absolute Gasteiger partial charge is 0.238 e. The van der Waals surface area contributed by atoms with Gasteiger partial charge in [0, 0.05) is 12.7 Å². The third kappa shape index (κ3) is 9.25. The second-order valence-electron chi connectivity index (χ2n) is 5.54. The second-order valence-corrected chi connectivity index (χ2v) is 5.54. The van der Waals surface area contributed by atoms with Gasteiger partial charge in [0.05, 0.1) is 6.42 Å². The first-order valence-corrected chi connectivity index (χ1v) is 7.97. The molecule has 0 aliphatic heterocycles. The first-order chi connectivity index (χ1) is 11.2. The lowest BCUT2D eigenvalue weighted by Gasteiger charge is -2.06. The number of benzene rings is 1. The van der Waals surface area contributed by atoms with Crippen LogP contribution in [0.5, 0.6) is 0 Å². The third-order valence-electron chi connectivity index (χ3n) is 3.63. The van der Waals surface area contributed by atoms with Crippen molar-refractivity contribution in [3.8, 4) is 0 Å². The highest BCUT2D eigenvalue weighted by Crippen LogP contribution is 2.11. The van der Waals surface area contributed by atoms with Crippen LogP contribution >= 0.6 is 37.2 Å². The summed E-state index contributed by atoms with van der Waals surface area (Å²) >= 11 is 0. The molecule has 4 N–H and O–H groups in total. The van der Waals surface area contributed by atoms with Gasteiger partial charge in [-0.05, 0) is 42.0 Å². The third-order valence-corrected chi connectivity index (χ3v) is 3.63. The van der Waals surface area contributed by atoms with Crippen molar-refractivity contribution in [3.63, 3.8) is 0 Å². The average Bonchev–Trinajstić information content (AvgIpc) is 2.60. The highest BCUT2D eigenvalue weighted by atomic mass is 35.5. The van der Waals surface area contributed by atoms with Gasteiger partial charge in [0.15, 0.2) is 0 Å². The summed E-state index contributed by atoms with van der Waals surface area (Å²) in [6.45, 7) is 3.08. The molecule has 0 unspecified atom stereocenters. The quantitative estimate of drug-likeness (QED) is 0.346. The second kappa shape index (κ2) is 14.6. The summed E-state index contributed by atoms with van der Waals surface area (Å²) in [5.74, 6) is 5.84. The number of aromatic nitrogens is 1. The fraction of sp³-hybridized carbons (Fsp3) is 0.333. The molecule has 0 bridgehead atoms. The number of nitrogens with zero attached hydrogens (tertiary/aromatic N) is 1. The highest BCUT2D eigenvalue weighted by molar-refractivity contribution is 5.86. The Morgan fingerprint density at radius 1 is 0.962 bits per heavy atom. The number of nitrogens with one attached hydrogen (secondary N) is 2. The van der Waals surface area contributed by atoms with Crippen molar-refractivity contribution in [1.82, 2.24) is 10.4 Å². The molecule has 8 heteroatoms. The van der Waals surface area contributed by atoms with Gasteiger partial charge in [0.1, 0.15) is 5.82 Å². The maximum Gasteiger partial charge on any atom is 0.238 e. The lowest BCUT2D eigenvalue weighted by molar-refractivity contribution is -0.120. The standard InChI is InChI=1S/C18H24N4O.3ClH/c1-2-11-20-17-10-9-16(13-21-17)8-5-14-3-6-15(7-4-14)12-18(23)22-19;;;/h3-4,6-7,9-10,13H,2,5,8,11-12,19H2,1H3,(H,20,21)(H,22,23);3*1H. The predicted molar refractivity (Wildman–Crippen MR) is 115 cm³/mol. The summed E-state index contributed by atoms with van der Waals surface area (Å²) in [4.78, 5) is 15.6. The van der Waals surface area contributed by atoms with E-state index in [9.17, 15) is 4.79 Å². The molecule has 1 amide bonds. The van der Waals surface area contributed by atoms with Gasteiger partial charge >= 0.3 is 0 Å². The Bertz CT molecular complexity index is 621. The van der Waals surface area contributed by atoms with Crippen LogP contribution in [0.2, 0.25) is 0 Å². The van der Waals surface area contributed by atoms with Crippen molar-refractivity contribution < 1.29 is 4.79 Å². The van der Waals surface area contributed by atoms with Gasteiger partial charge in [0.2, 0.25) is 5.91 Å². The number of carbonyl (C=O) groups excluding carboxylic acids is 1. The Labute approximate surface area is 173 Å². The van der Waals surface area contributed by atoms with Crippen molar-refractivity contribution in [2.24, 2.45) is 5.84 Å². The van der Waals surface area contributed by atoms with Crippen molar-refractivity contribution in [1.29, 1.82) is 0 Å². The van der Waals surface area contributed by atoms with Gasteiger partial charge < -0.3 is 5.32 Å². The number of aryl methyl sites for hydroxylation is 2. The van der Waals surface area contributed by atoms with Crippen LogP contribution in [0.1, 0.15) is 30.0 Å². The first kappa shape index (κ1) is 26.7. The Kier molecular flexibility index (Phi) is 15.0. The molecule has 146 valence electrons. The minimum Gasteiger partial charge on any atom is -0.370 e. The van der Waals surface area contributed by atoms with E-state index in [1.54, 1.807) is 0 Å². The molecule has 2 aromatic rings. The first-order valence-electron chi connectivity index (χ1n) is 7.97.